The Kier molecular flexibility index (Phi) is 7.89. The summed E-state index contributed by atoms with van der Waals surface area (Å²) < 4.78 is 5.50. The van der Waals surface area contributed by atoms with Crippen LogP contribution in [0, 0.1) is 0 Å². The third-order valence-corrected chi connectivity index (χ3v) is 7.53. The Balaban J connectivity index is 1.73. The van der Waals surface area contributed by atoms with Crippen molar-refractivity contribution in [2.24, 2.45) is 0 Å². The molecule has 1 heterocycles. The van der Waals surface area contributed by atoms with Crippen LogP contribution in [0.5, 0.6) is 5.75 Å². The van der Waals surface area contributed by atoms with E-state index in [0.717, 1.165) is 16.7 Å². The predicted molar refractivity (Wildman–Crippen MR) is 135 cm³/mol. The van der Waals surface area contributed by atoms with E-state index in [4.69, 9.17) is 32.9 Å². The van der Waals surface area contributed by atoms with Crippen molar-refractivity contribution in [2.45, 2.75) is 52.1 Å². The molecule has 5 nitrogen and oxygen atoms in total. The molecule has 0 aliphatic heterocycles. The summed E-state index contributed by atoms with van der Waals surface area (Å²) in [6.45, 7) is 7.21. The van der Waals surface area contributed by atoms with Gasteiger partial charge in [-0.05, 0) is 73.9 Å². The fourth-order valence-corrected chi connectivity index (χ4v) is 5.31. The van der Waals surface area contributed by atoms with Crippen molar-refractivity contribution in [1.82, 2.24) is 4.98 Å². The molecule has 1 N–H and O–H groups in total. The number of nitrogens with zero attached hydrogens (tertiary/aromatic N) is 1. The minimum Gasteiger partial charge on any atom is -0.478 e. The number of rotatable bonds is 9. The normalized spacial score (nSPS) is 11.8. The van der Waals surface area contributed by atoms with E-state index in [1.54, 1.807) is 36.4 Å². The standard InChI is InChI=1S/C25H26Cl2NO4P/c1-14(2)22-20(28-23(33-22)18-10-7-16(26)13-19(18)27)11-12-21(29)15-5-8-17(9-6-15)32-25(3,4)24(30)31/h5-10,13-14,33H,11-12H2,1-4H3,(H,30,31). The fraction of sp³-hybridized carbons (Fsp3) is 0.320. The minimum absolute atomic E-state index is 0.00819. The lowest BCUT2D eigenvalue weighted by Crippen LogP contribution is -2.37. The SMILES string of the molecule is CC(C)c1[pH]c(-c2ccc(Cl)cc2Cl)nc1CCC(=O)c1ccc(OC(C)(C)C(=O)O)cc1. The molecule has 8 heteroatoms. The summed E-state index contributed by atoms with van der Waals surface area (Å²) in [4.78, 5) is 28.9. The van der Waals surface area contributed by atoms with Gasteiger partial charge < -0.3 is 9.84 Å². The van der Waals surface area contributed by atoms with Crippen LogP contribution in [0.25, 0.3) is 11.0 Å². The average molecular weight is 506 g/mol. The summed E-state index contributed by atoms with van der Waals surface area (Å²) in [6, 6.07) is 12.0. The fourth-order valence-electron chi connectivity index (χ4n) is 3.32. The number of aliphatic carboxylic acids is 1. The van der Waals surface area contributed by atoms with Crippen LogP contribution in [-0.4, -0.2) is 27.4 Å². The minimum atomic E-state index is -1.35. The molecule has 3 rings (SSSR count). The first-order chi connectivity index (χ1) is 15.5. The summed E-state index contributed by atoms with van der Waals surface area (Å²) in [7, 11) is 0.409. The van der Waals surface area contributed by atoms with Gasteiger partial charge in [-0.2, -0.15) is 0 Å². The number of carboxylic acids is 1. The van der Waals surface area contributed by atoms with Crippen LogP contribution >= 0.6 is 31.4 Å². The molecule has 0 fully saturated rings. The maximum atomic E-state index is 12.8. The third-order valence-electron chi connectivity index (χ3n) is 5.23. The van der Waals surface area contributed by atoms with Gasteiger partial charge in [0.05, 0.1) is 10.4 Å². The molecule has 0 spiro atoms. The van der Waals surface area contributed by atoms with Crippen molar-refractivity contribution in [1.29, 1.82) is 0 Å². The summed E-state index contributed by atoms with van der Waals surface area (Å²) in [6.07, 6.45) is 0.861. The van der Waals surface area contributed by atoms with E-state index in [1.165, 1.54) is 19.1 Å². The van der Waals surface area contributed by atoms with Crippen molar-refractivity contribution < 1.29 is 19.4 Å². The van der Waals surface area contributed by atoms with Gasteiger partial charge >= 0.3 is 5.97 Å². The van der Waals surface area contributed by atoms with Gasteiger partial charge in [-0.1, -0.05) is 37.0 Å². The molecule has 0 amide bonds. The number of carbonyl (C=O) groups excluding carboxylic acids is 1. The van der Waals surface area contributed by atoms with Crippen LogP contribution in [-0.2, 0) is 11.2 Å². The van der Waals surface area contributed by atoms with Crippen molar-refractivity contribution in [3.63, 3.8) is 0 Å². The van der Waals surface area contributed by atoms with Gasteiger partial charge in [0.25, 0.3) is 0 Å². The molecule has 0 aliphatic carbocycles. The van der Waals surface area contributed by atoms with Crippen LogP contribution < -0.4 is 4.74 Å². The van der Waals surface area contributed by atoms with Crippen molar-refractivity contribution in [3.8, 4) is 16.7 Å². The van der Waals surface area contributed by atoms with Gasteiger partial charge in [0.2, 0.25) is 0 Å². The number of carboxylic acid groups (broad SMARTS) is 1. The lowest BCUT2D eigenvalue weighted by molar-refractivity contribution is -0.152. The Morgan fingerprint density at radius 1 is 1.12 bits per heavy atom. The molecular weight excluding hydrogens is 480 g/mol. The molecule has 2 aromatic carbocycles. The third kappa shape index (κ3) is 6.17. The number of carbonyl (C=O) groups is 2. The maximum Gasteiger partial charge on any atom is 0.347 e. The predicted octanol–water partition coefficient (Wildman–Crippen LogP) is 7.27. The zero-order valence-electron chi connectivity index (χ0n) is 18.9. The number of ketones is 1. The molecular formula is C25H26Cl2NO4P. The molecule has 1 aromatic heterocycles. The Hall–Kier alpha value is -2.33. The van der Waals surface area contributed by atoms with Crippen LogP contribution in [0.3, 0.4) is 0 Å². The van der Waals surface area contributed by atoms with Crippen LogP contribution in [0.1, 0.15) is 61.4 Å². The smallest absolute Gasteiger partial charge is 0.347 e. The Labute approximate surface area is 205 Å². The second kappa shape index (κ2) is 10.3. The van der Waals surface area contributed by atoms with Crippen LogP contribution in [0.4, 0.5) is 0 Å². The second-order valence-electron chi connectivity index (χ2n) is 8.59. The number of benzene rings is 2. The molecule has 0 radical (unpaired) electrons. The molecule has 0 aliphatic rings. The Bertz CT molecular complexity index is 1170. The number of Topliss-reactive ketones (excluding diaryl/α,β-unsaturated/α-hetero) is 1. The maximum absolute atomic E-state index is 12.8. The highest BCUT2D eigenvalue weighted by Crippen LogP contribution is 2.40. The van der Waals surface area contributed by atoms with E-state index in [0.29, 0.717) is 48.3 Å². The van der Waals surface area contributed by atoms with E-state index in [1.807, 2.05) is 6.07 Å². The van der Waals surface area contributed by atoms with Crippen molar-refractivity contribution in [3.05, 3.63) is 69.1 Å². The van der Waals surface area contributed by atoms with Crippen LogP contribution in [0.15, 0.2) is 42.5 Å². The molecule has 0 saturated heterocycles. The van der Waals surface area contributed by atoms with Gasteiger partial charge in [0, 0.05) is 28.3 Å². The summed E-state index contributed by atoms with van der Waals surface area (Å²) in [5.74, 6) is -0.357. The monoisotopic (exact) mass is 505 g/mol. The highest BCUT2D eigenvalue weighted by Gasteiger charge is 2.29. The molecule has 3 aromatic rings. The number of aromatic nitrogens is 1. The van der Waals surface area contributed by atoms with Gasteiger partial charge in [0.15, 0.2) is 11.4 Å². The van der Waals surface area contributed by atoms with Gasteiger partial charge in [-0.15, -0.1) is 8.19 Å². The summed E-state index contributed by atoms with van der Waals surface area (Å²) >= 11 is 12.4. The van der Waals surface area contributed by atoms with Gasteiger partial charge in [-0.25, -0.2) is 9.78 Å². The molecule has 0 bridgehead atoms. The van der Waals surface area contributed by atoms with Crippen molar-refractivity contribution in [2.75, 3.05) is 0 Å². The van der Waals surface area contributed by atoms with E-state index >= 15 is 0 Å². The number of aryl methyl sites for hydroxylation is 1. The zero-order chi connectivity index (χ0) is 24.3. The summed E-state index contributed by atoms with van der Waals surface area (Å²) in [5.41, 5.74) is 1.94. The summed E-state index contributed by atoms with van der Waals surface area (Å²) in [5, 5.41) is 11.6. The molecule has 1 atom stereocenters. The van der Waals surface area contributed by atoms with E-state index in [2.05, 4.69) is 13.8 Å². The topological polar surface area (TPSA) is 76.5 Å². The van der Waals surface area contributed by atoms with Crippen molar-refractivity contribution >= 4 is 43.1 Å². The molecule has 33 heavy (non-hydrogen) atoms. The largest absolute Gasteiger partial charge is 0.478 e. The van der Waals surface area contributed by atoms with Crippen LogP contribution in [0.2, 0.25) is 10.0 Å². The quantitative estimate of drug-likeness (QED) is 0.309. The molecule has 0 saturated carbocycles. The Morgan fingerprint density at radius 3 is 2.36 bits per heavy atom. The lowest BCUT2D eigenvalue weighted by Gasteiger charge is -2.21. The molecule has 1 unspecified atom stereocenters. The first kappa shape index (κ1) is 25.3. The number of ether oxygens (including phenoxy) is 1. The van der Waals surface area contributed by atoms with E-state index < -0.39 is 11.6 Å². The number of halogens is 2. The van der Waals surface area contributed by atoms with E-state index in [-0.39, 0.29) is 5.78 Å². The number of hydrogen-bond acceptors (Lipinski definition) is 4. The highest BCUT2D eigenvalue weighted by atomic mass is 35.5. The first-order valence-corrected chi connectivity index (χ1v) is 12.3. The zero-order valence-corrected chi connectivity index (χ0v) is 21.4. The average Bonchev–Trinajstić information content (AvgIpc) is 3.16. The van der Waals surface area contributed by atoms with E-state index in [9.17, 15) is 14.7 Å². The lowest BCUT2D eigenvalue weighted by atomic mass is 10.0. The number of hydrogen-bond donors (Lipinski definition) is 1. The Morgan fingerprint density at radius 2 is 1.79 bits per heavy atom. The second-order valence-corrected chi connectivity index (χ2v) is 10.7. The van der Waals surface area contributed by atoms with Gasteiger partial charge in [0.1, 0.15) is 5.75 Å². The highest BCUT2D eigenvalue weighted by molar-refractivity contribution is 7.34. The first-order valence-electron chi connectivity index (χ1n) is 10.6. The molecule has 174 valence electrons. The van der Waals surface area contributed by atoms with Gasteiger partial charge in [-0.3, -0.25) is 4.79 Å².